The molecule has 0 aromatic heterocycles. The summed E-state index contributed by atoms with van der Waals surface area (Å²) < 4.78 is 5.34. The minimum Gasteiger partial charge on any atom is -0.497 e. The van der Waals surface area contributed by atoms with E-state index in [9.17, 15) is 0 Å². The maximum atomic E-state index is 6.82. The Morgan fingerprint density at radius 1 is 1.15 bits per heavy atom. The van der Waals surface area contributed by atoms with Crippen molar-refractivity contribution in [1.82, 2.24) is 0 Å². The lowest BCUT2D eigenvalue weighted by Crippen LogP contribution is -2.41. The molecular weight excluding hydrogens is 246 g/mol. The molecule has 0 saturated carbocycles. The highest BCUT2D eigenvalue weighted by atomic mass is 16.5. The highest BCUT2D eigenvalue weighted by Crippen LogP contribution is 2.43. The van der Waals surface area contributed by atoms with Crippen LogP contribution in [0.3, 0.4) is 0 Å². The third kappa shape index (κ3) is 2.01. The molecule has 2 N–H and O–H groups in total. The summed E-state index contributed by atoms with van der Waals surface area (Å²) in [7, 11) is 1.69. The zero-order valence-electron chi connectivity index (χ0n) is 12.1. The van der Waals surface area contributed by atoms with Gasteiger partial charge in [0.05, 0.1) is 12.6 Å². The van der Waals surface area contributed by atoms with E-state index in [4.69, 9.17) is 10.5 Å². The van der Waals surface area contributed by atoms with Gasteiger partial charge in [-0.15, -0.1) is 0 Å². The van der Waals surface area contributed by atoms with Gasteiger partial charge < -0.3 is 10.5 Å². The number of rotatable bonds is 2. The summed E-state index contributed by atoms with van der Waals surface area (Å²) in [4.78, 5) is 0. The van der Waals surface area contributed by atoms with Crippen molar-refractivity contribution in [1.29, 1.82) is 0 Å². The fourth-order valence-electron chi connectivity index (χ4n) is 3.27. The highest BCUT2D eigenvalue weighted by molar-refractivity contribution is 5.47. The Morgan fingerprint density at radius 2 is 1.95 bits per heavy atom. The number of ether oxygens (including phenoxy) is 1. The molecule has 0 fully saturated rings. The maximum absolute atomic E-state index is 6.82. The lowest BCUT2D eigenvalue weighted by Gasteiger charge is -2.39. The van der Waals surface area contributed by atoms with Crippen molar-refractivity contribution < 1.29 is 4.74 Å². The second-order valence-corrected chi connectivity index (χ2v) is 5.73. The molecule has 2 atom stereocenters. The third-order valence-corrected chi connectivity index (χ3v) is 4.53. The van der Waals surface area contributed by atoms with E-state index in [1.54, 1.807) is 7.11 Å². The second-order valence-electron chi connectivity index (χ2n) is 5.73. The normalized spacial score (nSPS) is 25.1. The van der Waals surface area contributed by atoms with Crippen LogP contribution in [-0.4, -0.2) is 7.11 Å². The molecule has 2 heteroatoms. The fraction of sp³-hybridized carbons (Fsp3) is 0.333. The van der Waals surface area contributed by atoms with Gasteiger partial charge in [-0.2, -0.15) is 0 Å². The Bertz CT molecular complexity index is 622. The number of benzene rings is 2. The molecule has 0 bridgehead atoms. The predicted octanol–water partition coefficient (Wildman–Crippen LogP) is 3.79. The van der Waals surface area contributed by atoms with Crippen LogP contribution >= 0.6 is 0 Å². The lowest BCUT2D eigenvalue weighted by atomic mass is 9.70. The average Bonchev–Trinajstić information content (AvgIpc) is 2.51. The SMILES string of the molecule is COc1cccc(C2(N)CCC(C)c3ccccc32)c1. The molecule has 0 aliphatic heterocycles. The van der Waals surface area contributed by atoms with Gasteiger partial charge in [-0.05, 0) is 47.6 Å². The van der Waals surface area contributed by atoms with Crippen molar-refractivity contribution >= 4 is 0 Å². The number of hydrogen-bond acceptors (Lipinski definition) is 2. The van der Waals surface area contributed by atoms with Gasteiger partial charge in [0.25, 0.3) is 0 Å². The van der Waals surface area contributed by atoms with Crippen molar-refractivity contribution in [2.75, 3.05) is 7.11 Å². The zero-order valence-corrected chi connectivity index (χ0v) is 12.1. The second kappa shape index (κ2) is 4.95. The number of fused-ring (bicyclic) bond motifs is 1. The first-order chi connectivity index (χ1) is 9.65. The molecule has 3 rings (SSSR count). The summed E-state index contributed by atoms with van der Waals surface area (Å²) in [5.41, 5.74) is 10.2. The first-order valence-corrected chi connectivity index (χ1v) is 7.18. The number of methoxy groups -OCH3 is 1. The standard InChI is InChI=1S/C18H21NO/c1-13-10-11-18(19,17-9-4-3-8-16(13)17)14-6-5-7-15(12-14)20-2/h3-9,12-13H,10-11,19H2,1-2H3. The van der Waals surface area contributed by atoms with E-state index < -0.39 is 5.54 Å². The Kier molecular flexibility index (Phi) is 3.27. The summed E-state index contributed by atoms with van der Waals surface area (Å²) in [6, 6.07) is 16.7. The van der Waals surface area contributed by atoms with Gasteiger partial charge in [-0.1, -0.05) is 43.3 Å². The van der Waals surface area contributed by atoms with Crippen LogP contribution in [0, 0.1) is 0 Å². The molecule has 0 radical (unpaired) electrons. The van der Waals surface area contributed by atoms with Crippen molar-refractivity contribution in [3.63, 3.8) is 0 Å². The summed E-state index contributed by atoms with van der Waals surface area (Å²) in [5, 5.41) is 0. The molecular formula is C18H21NO. The van der Waals surface area contributed by atoms with Gasteiger partial charge in [-0.25, -0.2) is 0 Å². The molecule has 2 unspecified atom stereocenters. The molecule has 2 nitrogen and oxygen atoms in total. The van der Waals surface area contributed by atoms with Crippen LogP contribution in [0.4, 0.5) is 0 Å². The third-order valence-electron chi connectivity index (χ3n) is 4.53. The van der Waals surface area contributed by atoms with Gasteiger partial charge in [0.1, 0.15) is 5.75 Å². The van der Waals surface area contributed by atoms with Crippen LogP contribution < -0.4 is 10.5 Å². The average molecular weight is 267 g/mol. The largest absolute Gasteiger partial charge is 0.497 e. The molecule has 20 heavy (non-hydrogen) atoms. The topological polar surface area (TPSA) is 35.2 Å². The number of hydrogen-bond donors (Lipinski definition) is 1. The smallest absolute Gasteiger partial charge is 0.119 e. The van der Waals surface area contributed by atoms with Crippen molar-refractivity contribution in [3.05, 3.63) is 65.2 Å². The molecule has 0 spiro atoms. The van der Waals surface area contributed by atoms with Crippen molar-refractivity contribution in [3.8, 4) is 5.75 Å². The molecule has 2 aromatic rings. The Morgan fingerprint density at radius 3 is 2.75 bits per heavy atom. The molecule has 0 heterocycles. The van der Waals surface area contributed by atoms with E-state index in [0.29, 0.717) is 5.92 Å². The van der Waals surface area contributed by atoms with E-state index in [0.717, 1.165) is 24.2 Å². The molecule has 0 saturated heterocycles. The van der Waals surface area contributed by atoms with Crippen LogP contribution in [0.25, 0.3) is 0 Å². The minimum absolute atomic E-state index is 0.405. The lowest BCUT2D eigenvalue weighted by molar-refractivity contribution is 0.398. The van der Waals surface area contributed by atoms with E-state index in [1.165, 1.54) is 11.1 Å². The van der Waals surface area contributed by atoms with Gasteiger partial charge in [0.2, 0.25) is 0 Å². The quantitative estimate of drug-likeness (QED) is 0.898. The van der Waals surface area contributed by atoms with E-state index >= 15 is 0 Å². The van der Waals surface area contributed by atoms with Gasteiger partial charge in [0, 0.05) is 0 Å². The monoisotopic (exact) mass is 267 g/mol. The highest BCUT2D eigenvalue weighted by Gasteiger charge is 2.36. The zero-order chi connectivity index (χ0) is 14.2. The minimum atomic E-state index is -0.405. The number of nitrogens with two attached hydrogens (primary N) is 1. The van der Waals surface area contributed by atoms with Crippen LogP contribution in [0.2, 0.25) is 0 Å². The Hall–Kier alpha value is -1.80. The van der Waals surface area contributed by atoms with E-state index in [1.807, 2.05) is 12.1 Å². The maximum Gasteiger partial charge on any atom is 0.119 e. The summed E-state index contributed by atoms with van der Waals surface area (Å²) >= 11 is 0. The van der Waals surface area contributed by atoms with Crippen LogP contribution in [0.1, 0.15) is 42.4 Å². The molecule has 1 aliphatic rings. The summed E-state index contributed by atoms with van der Waals surface area (Å²) in [6.45, 7) is 2.28. The molecule has 1 aliphatic carbocycles. The van der Waals surface area contributed by atoms with E-state index in [-0.39, 0.29) is 0 Å². The first kappa shape index (κ1) is 13.2. The van der Waals surface area contributed by atoms with Crippen LogP contribution in [0.5, 0.6) is 5.75 Å². The van der Waals surface area contributed by atoms with Gasteiger partial charge in [0.15, 0.2) is 0 Å². The summed E-state index contributed by atoms with van der Waals surface area (Å²) in [5.74, 6) is 1.44. The van der Waals surface area contributed by atoms with Crippen molar-refractivity contribution in [2.45, 2.75) is 31.2 Å². The predicted molar refractivity (Wildman–Crippen MR) is 82.1 cm³/mol. The van der Waals surface area contributed by atoms with Gasteiger partial charge in [-0.3, -0.25) is 0 Å². The van der Waals surface area contributed by atoms with Crippen LogP contribution in [0.15, 0.2) is 48.5 Å². The summed E-state index contributed by atoms with van der Waals surface area (Å²) in [6.07, 6.45) is 2.09. The Balaban J connectivity index is 2.14. The van der Waals surface area contributed by atoms with Crippen LogP contribution in [-0.2, 0) is 5.54 Å². The van der Waals surface area contributed by atoms with Gasteiger partial charge >= 0.3 is 0 Å². The molecule has 0 amide bonds. The fourth-order valence-corrected chi connectivity index (χ4v) is 3.27. The molecule has 104 valence electrons. The first-order valence-electron chi connectivity index (χ1n) is 7.18. The van der Waals surface area contributed by atoms with E-state index in [2.05, 4.69) is 43.3 Å². The Labute approximate surface area is 120 Å². The van der Waals surface area contributed by atoms with Crippen molar-refractivity contribution in [2.24, 2.45) is 5.73 Å². The molecule has 2 aromatic carbocycles.